The van der Waals surface area contributed by atoms with Crippen LogP contribution in [0.3, 0.4) is 0 Å². The molecule has 0 atom stereocenters. The van der Waals surface area contributed by atoms with Crippen LogP contribution in [0.2, 0.25) is 0 Å². The van der Waals surface area contributed by atoms with E-state index in [0.29, 0.717) is 30.1 Å². The van der Waals surface area contributed by atoms with E-state index in [-0.39, 0.29) is 6.03 Å². The summed E-state index contributed by atoms with van der Waals surface area (Å²) in [5.41, 5.74) is 2.28. The number of H-pyrrole nitrogens is 1. The zero-order valence-corrected chi connectivity index (χ0v) is 11.8. The van der Waals surface area contributed by atoms with Crippen LogP contribution in [0.25, 0.3) is 11.1 Å². The summed E-state index contributed by atoms with van der Waals surface area (Å²) in [5, 5.41) is 5.85. The highest BCUT2D eigenvalue weighted by Gasteiger charge is 2.16. The van der Waals surface area contributed by atoms with Gasteiger partial charge in [0.25, 0.3) is 0 Å². The smallest absolute Gasteiger partial charge is 0.408 e. The van der Waals surface area contributed by atoms with E-state index >= 15 is 0 Å². The van der Waals surface area contributed by atoms with Gasteiger partial charge in [-0.25, -0.2) is 9.59 Å². The van der Waals surface area contributed by atoms with E-state index in [0.717, 1.165) is 18.4 Å². The Morgan fingerprint density at radius 1 is 1.33 bits per heavy atom. The molecule has 6 heteroatoms. The third-order valence-electron chi connectivity index (χ3n) is 3.87. The van der Waals surface area contributed by atoms with Gasteiger partial charge >= 0.3 is 11.8 Å². The molecule has 21 heavy (non-hydrogen) atoms. The van der Waals surface area contributed by atoms with Crippen LogP contribution in [0.4, 0.5) is 4.79 Å². The summed E-state index contributed by atoms with van der Waals surface area (Å²) in [7, 11) is 0. The van der Waals surface area contributed by atoms with Crippen LogP contribution in [-0.4, -0.2) is 23.6 Å². The van der Waals surface area contributed by atoms with E-state index in [9.17, 15) is 9.59 Å². The van der Waals surface area contributed by atoms with E-state index < -0.39 is 5.76 Å². The minimum atomic E-state index is -0.448. The number of urea groups is 1. The first kappa shape index (κ1) is 13.7. The summed E-state index contributed by atoms with van der Waals surface area (Å²) in [6, 6.07) is 5.77. The largest absolute Gasteiger partial charge is 0.417 e. The van der Waals surface area contributed by atoms with Gasteiger partial charge in [-0.1, -0.05) is 18.9 Å². The van der Waals surface area contributed by atoms with Crippen LogP contribution in [0.5, 0.6) is 0 Å². The Morgan fingerprint density at radius 2 is 2.14 bits per heavy atom. The minimum absolute atomic E-state index is 0.0975. The van der Waals surface area contributed by atoms with Crippen molar-refractivity contribution in [2.45, 2.75) is 38.1 Å². The summed E-state index contributed by atoms with van der Waals surface area (Å²) in [4.78, 5) is 25.4. The maximum absolute atomic E-state index is 11.7. The first-order chi connectivity index (χ1) is 10.2. The lowest BCUT2D eigenvalue weighted by atomic mass is 10.1. The number of benzene rings is 1. The fraction of sp³-hybridized carbons (Fsp3) is 0.467. The molecule has 1 saturated carbocycles. The SMILES string of the molecule is O=C(NCCc1ccc2oc(=O)[nH]c2c1)NC1CCCC1. The van der Waals surface area contributed by atoms with Crippen LogP contribution < -0.4 is 16.4 Å². The van der Waals surface area contributed by atoms with Gasteiger partial charge in [-0.3, -0.25) is 4.98 Å². The normalized spacial score (nSPS) is 15.4. The Labute approximate surface area is 121 Å². The number of hydrogen-bond acceptors (Lipinski definition) is 3. The quantitative estimate of drug-likeness (QED) is 0.803. The van der Waals surface area contributed by atoms with Crippen LogP contribution >= 0.6 is 0 Å². The third kappa shape index (κ3) is 3.45. The van der Waals surface area contributed by atoms with Crippen molar-refractivity contribution in [3.63, 3.8) is 0 Å². The predicted molar refractivity (Wildman–Crippen MR) is 79.3 cm³/mol. The van der Waals surface area contributed by atoms with E-state index in [1.807, 2.05) is 12.1 Å². The fourth-order valence-corrected chi connectivity index (χ4v) is 2.78. The molecule has 3 rings (SSSR count). The van der Waals surface area contributed by atoms with Gasteiger partial charge in [0, 0.05) is 12.6 Å². The number of rotatable bonds is 4. The number of nitrogens with one attached hydrogen (secondary N) is 3. The van der Waals surface area contributed by atoms with Gasteiger partial charge < -0.3 is 15.1 Å². The molecule has 1 aliphatic carbocycles. The molecule has 1 aromatic heterocycles. The predicted octanol–water partition coefficient (Wildman–Crippen LogP) is 1.91. The standard InChI is InChI=1S/C15H19N3O3/c19-14(17-11-3-1-2-4-11)16-8-7-10-5-6-13-12(9-10)18-15(20)21-13/h5-6,9,11H,1-4,7-8H2,(H,18,20)(H2,16,17,19). The molecule has 1 aromatic carbocycles. The van der Waals surface area contributed by atoms with Gasteiger partial charge in [0.05, 0.1) is 5.52 Å². The Morgan fingerprint density at radius 3 is 2.95 bits per heavy atom. The molecule has 2 aromatic rings. The molecule has 0 saturated heterocycles. The van der Waals surface area contributed by atoms with Crippen LogP contribution in [0.1, 0.15) is 31.2 Å². The first-order valence-corrected chi connectivity index (χ1v) is 7.37. The van der Waals surface area contributed by atoms with Crippen molar-refractivity contribution in [1.82, 2.24) is 15.6 Å². The van der Waals surface area contributed by atoms with Gasteiger partial charge in [-0.05, 0) is 37.0 Å². The van der Waals surface area contributed by atoms with Crippen molar-refractivity contribution in [2.75, 3.05) is 6.54 Å². The Bertz CT molecular complexity index is 683. The maximum atomic E-state index is 11.7. The van der Waals surface area contributed by atoms with E-state index in [2.05, 4.69) is 15.6 Å². The Balaban J connectivity index is 1.49. The average Bonchev–Trinajstić information content (AvgIpc) is 3.06. The van der Waals surface area contributed by atoms with E-state index in [1.54, 1.807) is 6.07 Å². The molecular weight excluding hydrogens is 270 g/mol. The van der Waals surface area contributed by atoms with Gasteiger partial charge in [0.2, 0.25) is 0 Å². The number of oxazole rings is 1. The Kier molecular flexibility index (Phi) is 3.94. The van der Waals surface area contributed by atoms with E-state index in [1.165, 1.54) is 12.8 Å². The molecule has 1 fully saturated rings. The Hall–Kier alpha value is -2.24. The topological polar surface area (TPSA) is 87.1 Å². The molecular formula is C15H19N3O3. The minimum Gasteiger partial charge on any atom is -0.408 e. The van der Waals surface area contributed by atoms with Crippen molar-refractivity contribution < 1.29 is 9.21 Å². The molecule has 3 N–H and O–H groups in total. The zero-order valence-electron chi connectivity index (χ0n) is 11.8. The van der Waals surface area contributed by atoms with Crippen molar-refractivity contribution >= 4 is 17.1 Å². The van der Waals surface area contributed by atoms with Gasteiger partial charge in [0.15, 0.2) is 5.58 Å². The molecule has 0 bridgehead atoms. The summed E-state index contributed by atoms with van der Waals surface area (Å²) in [6.07, 6.45) is 5.28. The maximum Gasteiger partial charge on any atom is 0.417 e. The number of aromatic nitrogens is 1. The molecule has 2 amide bonds. The summed E-state index contributed by atoms with van der Waals surface area (Å²) in [6.45, 7) is 0.562. The summed E-state index contributed by atoms with van der Waals surface area (Å²) < 4.78 is 4.95. The second-order valence-electron chi connectivity index (χ2n) is 5.48. The highest BCUT2D eigenvalue weighted by molar-refractivity contribution is 5.74. The van der Waals surface area contributed by atoms with Gasteiger partial charge in [-0.2, -0.15) is 0 Å². The fourth-order valence-electron chi connectivity index (χ4n) is 2.78. The number of carbonyl (C=O) groups excluding carboxylic acids is 1. The first-order valence-electron chi connectivity index (χ1n) is 7.37. The van der Waals surface area contributed by atoms with Gasteiger partial charge in [-0.15, -0.1) is 0 Å². The highest BCUT2D eigenvalue weighted by Crippen LogP contribution is 2.17. The number of amides is 2. The number of carbonyl (C=O) groups is 1. The van der Waals surface area contributed by atoms with Crippen LogP contribution in [0, 0.1) is 0 Å². The molecule has 0 spiro atoms. The molecule has 6 nitrogen and oxygen atoms in total. The molecule has 1 heterocycles. The molecule has 0 aliphatic heterocycles. The highest BCUT2D eigenvalue weighted by atomic mass is 16.4. The summed E-state index contributed by atoms with van der Waals surface area (Å²) >= 11 is 0. The summed E-state index contributed by atoms with van der Waals surface area (Å²) in [5.74, 6) is -0.448. The molecule has 0 unspecified atom stereocenters. The number of fused-ring (bicyclic) bond motifs is 1. The molecule has 112 valence electrons. The van der Waals surface area contributed by atoms with Crippen molar-refractivity contribution in [2.24, 2.45) is 0 Å². The number of hydrogen-bond donors (Lipinski definition) is 3. The second-order valence-corrected chi connectivity index (χ2v) is 5.48. The van der Waals surface area contributed by atoms with E-state index in [4.69, 9.17) is 4.42 Å². The lowest BCUT2D eigenvalue weighted by Crippen LogP contribution is -2.41. The third-order valence-corrected chi connectivity index (χ3v) is 3.87. The van der Waals surface area contributed by atoms with Crippen LogP contribution in [0.15, 0.2) is 27.4 Å². The van der Waals surface area contributed by atoms with Gasteiger partial charge in [0.1, 0.15) is 0 Å². The monoisotopic (exact) mass is 289 g/mol. The molecule has 1 aliphatic rings. The lowest BCUT2D eigenvalue weighted by Gasteiger charge is -2.12. The average molecular weight is 289 g/mol. The zero-order chi connectivity index (χ0) is 14.7. The van der Waals surface area contributed by atoms with Crippen LogP contribution in [-0.2, 0) is 6.42 Å². The second kappa shape index (κ2) is 6.03. The molecule has 0 radical (unpaired) electrons. The lowest BCUT2D eigenvalue weighted by molar-refractivity contribution is 0.237. The number of aromatic amines is 1. The van der Waals surface area contributed by atoms with Crippen molar-refractivity contribution in [3.8, 4) is 0 Å². The van der Waals surface area contributed by atoms with Crippen molar-refractivity contribution in [1.29, 1.82) is 0 Å². The van der Waals surface area contributed by atoms with Crippen molar-refractivity contribution in [3.05, 3.63) is 34.3 Å².